The number of nitrogens with zero attached hydrogens (tertiary/aromatic N) is 2. The molecule has 2 heterocycles. The van der Waals surface area contributed by atoms with Crippen LogP contribution in [0.25, 0.3) is 0 Å². The number of aromatic nitrogens is 1. The highest BCUT2D eigenvalue weighted by molar-refractivity contribution is 5.95. The molecule has 0 N–H and O–H groups in total. The summed E-state index contributed by atoms with van der Waals surface area (Å²) in [5.41, 5.74) is 2.43. The lowest BCUT2D eigenvalue weighted by atomic mass is 10.1. The molecule has 0 aliphatic carbocycles. The largest absolute Gasteiger partial charge is 0.307 e. The van der Waals surface area contributed by atoms with Crippen LogP contribution in [0.1, 0.15) is 52.3 Å². The van der Waals surface area contributed by atoms with E-state index in [0.717, 1.165) is 31.5 Å². The summed E-state index contributed by atoms with van der Waals surface area (Å²) in [6.45, 7) is 9.20. The Kier molecular flexibility index (Phi) is 4.23. The van der Waals surface area contributed by atoms with Gasteiger partial charge in [-0.15, -0.1) is 0 Å². The van der Waals surface area contributed by atoms with Gasteiger partial charge in [0.2, 0.25) is 11.6 Å². The summed E-state index contributed by atoms with van der Waals surface area (Å²) in [5.74, 6) is 0.295. The first-order valence-corrected chi connectivity index (χ1v) is 7.36. The molecule has 3 nitrogen and oxygen atoms in total. The minimum absolute atomic E-state index is 0.0543. The Morgan fingerprint density at radius 1 is 1.26 bits per heavy atom. The number of carbonyl (C=O) groups is 1. The average molecular weight is 261 g/mol. The minimum atomic E-state index is 0.0543. The molecule has 0 bridgehead atoms. The molecule has 19 heavy (non-hydrogen) atoms. The number of carbonyl (C=O) groups excluding carboxylic acids is 1. The van der Waals surface area contributed by atoms with Gasteiger partial charge in [-0.1, -0.05) is 13.8 Å². The summed E-state index contributed by atoms with van der Waals surface area (Å²) < 4.78 is 2.31. The summed E-state index contributed by atoms with van der Waals surface area (Å²) >= 11 is 0. The van der Waals surface area contributed by atoms with Crippen molar-refractivity contribution >= 4 is 11.6 Å². The Bertz CT molecular complexity index is 466. The third-order valence-electron chi connectivity index (χ3n) is 3.76. The predicted octanol–water partition coefficient (Wildman–Crippen LogP) is 2.88. The summed E-state index contributed by atoms with van der Waals surface area (Å²) in [7, 11) is 0. The molecular formula is C16H25N2O+. The Morgan fingerprint density at radius 3 is 2.63 bits per heavy atom. The van der Waals surface area contributed by atoms with Crippen LogP contribution >= 0.6 is 0 Å². The van der Waals surface area contributed by atoms with Gasteiger partial charge in [-0.3, -0.25) is 4.79 Å². The Labute approximate surface area is 116 Å². The van der Waals surface area contributed by atoms with Crippen LogP contribution in [0.4, 0.5) is 5.69 Å². The maximum absolute atomic E-state index is 12.4. The molecule has 0 spiro atoms. The van der Waals surface area contributed by atoms with Crippen LogP contribution in [0.15, 0.2) is 18.3 Å². The third kappa shape index (κ3) is 2.80. The van der Waals surface area contributed by atoms with E-state index in [1.807, 2.05) is 18.7 Å². The highest BCUT2D eigenvalue weighted by atomic mass is 16.2. The predicted molar refractivity (Wildman–Crippen MR) is 77.2 cm³/mol. The van der Waals surface area contributed by atoms with Crippen molar-refractivity contribution in [3.8, 4) is 0 Å². The third-order valence-corrected chi connectivity index (χ3v) is 3.76. The lowest BCUT2D eigenvalue weighted by Crippen LogP contribution is -2.43. The molecule has 0 saturated heterocycles. The SMILES string of the molecule is CC(C)C(=O)N1CCCCc2c1ccc[n+]2C(C)C. The van der Waals surface area contributed by atoms with Gasteiger partial charge in [0.1, 0.15) is 5.69 Å². The van der Waals surface area contributed by atoms with Crippen LogP contribution in [-0.2, 0) is 11.2 Å². The number of hydrogen-bond acceptors (Lipinski definition) is 1. The first-order valence-electron chi connectivity index (χ1n) is 7.36. The molecule has 0 aromatic carbocycles. The van der Waals surface area contributed by atoms with Crippen LogP contribution < -0.4 is 9.47 Å². The fourth-order valence-electron chi connectivity index (χ4n) is 2.76. The second-order valence-electron chi connectivity index (χ2n) is 5.94. The van der Waals surface area contributed by atoms with Crippen LogP contribution in [-0.4, -0.2) is 12.5 Å². The molecule has 0 saturated carbocycles. The number of amides is 1. The standard InChI is InChI=1S/C16H25N2O/c1-12(2)16(19)18-10-6-5-8-14-15(18)9-7-11-17(14)13(3)4/h7,9,11-13H,5-6,8,10H2,1-4H3/q+1. The molecule has 104 valence electrons. The molecule has 0 unspecified atom stereocenters. The van der Waals surface area contributed by atoms with E-state index in [1.54, 1.807) is 0 Å². The molecule has 1 aromatic rings. The quantitative estimate of drug-likeness (QED) is 0.751. The highest BCUT2D eigenvalue weighted by Gasteiger charge is 2.28. The van der Waals surface area contributed by atoms with Crippen molar-refractivity contribution in [1.82, 2.24) is 0 Å². The molecule has 1 aliphatic rings. The zero-order valence-corrected chi connectivity index (χ0v) is 12.5. The number of hydrogen-bond donors (Lipinski definition) is 0. The molecule has 1 aromatic heterocycles. The number of pyridine rings is 1. The summed E-state index contributed by atoms with van der Waals surface area (Å²) in [6, 6.07) is 4.59. The van der Waals surface area contributed by atoms with E-state index in [4.69, 9.17) is 0 Å². The van der Waals surface area contributed by atoms with Crippen LogP contribution in [0.5, 0.6) is 0 Å². The maximum Gasteiger partial charge on any atom is 0.229 e. The highest BCUT2D eigenvalue weighted by Crippen LogP contribution is 2.25. The first kappa shape index (κ1) is 14.0. The Morgan fingerprint density at radius 2 is 2.00 bits per heavy atom. The van der Waals surface area contributed by atoms with E-state index in [0.29, 0.717) is 6.04 Å². The van der Waals surface area contributed by atoms with Gasteiger partial charge in [-0.2, -0.15) is 4.57 Å². The van der Waals surface area contributed by atoms with Crippen LogP contribution in [0, 0.1) is 5.92 Å². The second-order valence-corrected chi connectivity index (χ2v) is 5.94. The average Bonchev–Trinajstić information content (AvgIpc) is 2.59. The molecule has 3 heteroatoms. The van der Waals surface area contributed by atoms with Gasteiger partial charge in [0.25, 0.3) is 0 Å². The normalized spacial score (nSPS) is 15.6. The Balaban J connectivity index is 2.48. The lowest BCUT2D eigenvalue weighted by Gasteiger charge is -2.23. The summed E-state index contributed by atoms with van der Waals surface area (Å²) in [5, 5.41) is 0. The lowest BCUT2D eigenvalue weighted by molar-refractivity contribution is -0.722. The van der Waals surface area contributed by atoms with E-state index in [2.05, 4.69) is 36.7 Å². The zero-order valence-electron chi connectivity index (χ0n) is 12.5. The van der Waals surface area contributed by atoms with E-state index < -0.39 is 0 Å². The van der Waals surface area contributed by atoms with Crippen molar-refractivity contribution in [1.29, 1.82) is 0 Å². The van der Waals surface area contributed by atoms with Gasteiger partial charge in [0, 0.05) is 24.9 Å². The molecular weight excluding hydrogens is 236 g/mol. The zero-order chi connectivity index (χ0) is 14.0. The van der Waals surface area contributed by atoms with Crippen LogP contribution in [0.3, 0.4) is 0 Å². The molecule has 0 atom stereocenters. The number of fused-ring (bicyclic) bond motifs is 1. The van der Waals surface area contributed by atoms with Gasteiger partial charge in [-0.05, 0) is 32.8 Å². The summed E-state index contributed by atoms with van der Waals surface area (Å²) in [4.78, 5) is 14.4. The fraction of sp³-hybridized carbons (Fsp3) is 0.625. The molecule has 0 radical (unpaired) electrons. The Hall–Kier alpha value is -1.38. The van der Waals surface area contributed by atoms with Gasteiger partial charge in [0.15, 0.2) is 12.2 Å². The van der Waals surface area contributed by atoms with E-state index in [-0.39, 0.29) is 11.8 Å². The monoisotopic (exact) mass is 261 g/mol. The number of anilines is 1. The van der Waals surface area contributed by atoms with Crippen molar-refractivity contribution < 1.29 is 9.36 Å². The van der Waals surface area contributed by atoms with Gasteiger partial charge < -0.3 is 4.90 Å². The van der Waals surface area contributed by atoms with Gasteiger partial charge in [-0.25, -0.2) is 0 Å². The molecule has 0 fully saturated rings. The molecule has 1 amide bonds. The van der Waals surface area contributed by atoms with E-state index in [9.17, 15) is 4.79 Å². The van der Waals surface area contributed by atoms with Gasteiger partial charge >= 0.3 is 0 Å². The van der Waals surface area contributed by atoms with Gasteiger partial charge in [0.05, 0.1) is 0 Å². The maximum atomic E-state index is 12.4. The van der Waals surface area contributed by atoms with Crippen molar-refractivity contribution in [2.75, 3.05) is 11.4 Å². The fourth-order valence-corrected chi connectivity index (χ4v) is 2.76. The summed E-state index contributed by atoms with van der Waals surface area (Å²) in [6.07, 6.45) is 5.44. The topological polar surface area (TPSA) is 24.2 Å². The minimum Gasteiger partial charge on any atom is -0.307 e. The van der Waals surface area contributed by atoms with Crippen molar-refractivity contribution in [2.45, 2.75) is 53.0 Å². The first-order chi connectivity index (χ1) is 9.02. The second kappa shape index (κ2) is 5.72. The smallest absolute Gasteiger partial charge is 0.229 e. The molecule has 1 aliphatic heterocycles. The molecule has 2 rings (SSSR count). The van der Waals surface area contributed by atoms with Crippen molar-refractivity contribution in [2.24, 2.45) is 5.92 Å². The van der Waals surface area contributed by atoms with Crippen LogP contribution in [0.2, 0.25) is 0 Å². The van der Waals surface area contributed by atoms with Crippen molar-refractivity contribution in [3.63, 3.8) is 0 Å². The van der Waals surface area contributed by atoms with E-state index >= 15 is 0 Å². The number of rotatable bonds is 2. The van der Waals surface area contributed by atoms with E-state index in [1.165, 1.54) is 5.69 Å². The van der Waals surface area contributed by atoms with Crippen molar-refractivity contribution in [3.05, 3.63) is 24.0 Å².